The number of aryl methyl sites for hydroxylation is 1. The third-order valence-electron chi connectivity index (χ3n) is 2.73. The van der Waals surface area contributed by atoms with Gasteiger partial charge in [0.2, 0.25) is 0 Å². The fourth-order valence-electron chi connectivity index (χ4n) is 1.70. The fourth-order valence-corrected chi connectivity index (χ4v) is 1.70. The standard InChI is InChI=1S/C7H9N.C6H13N/c1-6-2-4-7(8)5-3-6;7-6-4-2-1-3-5-6/h2-5H,8H2,1H3;6H,1-5,7H2. The Kier molecular flexibility index (Phi) is 5.19. The van der Waals surface area contributed by atoms with E-state index in [4.69, 9.17) is 11.5 Å². The number of benzene rings is 1. The normalized spacial score (nSPS) is 16.7. The third kappa shape index (κ3) is 5.43. The molecule has 1 aliphatic carbocycles. The molecule has 2 heteroatoms. The van der Waals surface area contributed by atoms with Gasteiger partial charge in [0.1, 0.15) is 0 Å². The second-order valence-corrected chi connectivity index (χ2v) is 4.31. The van der Waals surface area contributed by atoms with E-state index in [0.29, 0.717) is 6.04 Å². The van der Waals surface area contributed by atoms with Crippen LogP contribution < -0.4 is 11.5 Å². The lowest BCUT2D eigenvalue weighted by Crippen LogP contribution is -2.22. The van der Waals surface area contributed by atoms with Crippen molar-refractivity contribution in [2.24, 2.45) is 5.73 Å². The molecule has 1 aromatic carbocycles. The van der Waals surface area contributed by atoms with Gasteiger partial charge in [-0.2, -0.15) is 0 Å². The molecule has 0 aliphatic heterocycles. The van der Waals surface area contributed by atoms with Crippen molar-refractivity contribution in [3.8, 4) is 0 Å². The molecule has 4 N–H and O–H groups in total. The van der Waals surface area contributed by atoms with Crippen LogP contribution in [0.15, 0.2) is 24.3 Å². The molecule has 1 fully saturated rings. The summed E-state index contributed by atoms with van der Waals surface area (Å²) in [6.45, 7) is 2.04. The van der Waals surface area contributed by atoms with E-state index >= 15 is 0 Å². The van der Waals surface area contributed by atoms with E-state index in [0.717, 1.165) is 5.69 Å². The van der Waals surface area contributed by atoms with Gasteiger partial charge in [-0.25, -0.2) is 0 Å². The molecule has 1 saturated carbocycles. The Bertz CT molecular complexity index is 239. The van der Waals surface area contributed by atoms with Gasteiger partial charge in [0, 0.05) is 11.7 Å². The van der Waals surface area contributed by atoms with E-state index in [1.807, 2.05) is 31.2 Å². The van der Waals surface area contributed by atoms with E-state index < -0.39 is 0 Å². The molecule has 2 nitrogen and oxygen atoms in total. The first-order valence-corrected chi connectivity index (χ1v) is 5.76. The van der Waals surface area contributed by atoms with Gasteiger partial charge in [0.15, 0.2) is 0 Å². The van der Waals surface area contributed by atoms with E-state index in [2.05, 4.69) is 0 Å². The molecule has 0 unspecified atom stereocenters. The van der Waals surface area contributed by atoms with Crippen LogP contribution in [0, 0.1) is 6.92 Å². The summed E-state index contributed by atoms with van der Waals surface area (Å²) in [5.41, 5.74) is 13.1. The molecule has 84 valence electrons. The second kappa shape index (κ2) is 6.46. The van der Waals surface area contributed by atoms with Crippen LogP contribution in [0.3, 0.4) is 0 Å². The summed E-state index contributed by atoms with van der Waals surface area (Å²) in [4.78, 5) is 0. The molecule has 1 aromatic rings. The van der Waals surface area contributed by atoms with Crippen molar-refractivity contribution in [2.75, 3.05) is 5.73 Å². The predicted molar refractivity (Wildman–Crippen MR) is 66.7 cm³/mol. The first-order chi connectivity index (χ1) is 7.18. The average molecular weight is 206 g/mol. The SMILES string of the molecule is Cc1ccc(N)cc1.NC1CCCCC1. The summed E-state index contributed by atoms with van der Waals surface area (Å²) in [6.07, 6.45) is 6.66. The van der Waals surface area contributed by atoms with Crippen molar-refractivity contribution in [3.63, 3.8) is 0 Å². The predicted octanol–water partition coefficient (Wildman–Crippen LogP) is 2.86. The van der Waals surface area contributed by atoms with Crippen LogP contribution >= 0.6 is 0 Å². The number of hydrogen-bond acceptors (Lipinski definition) is 2. The highest BCUT2D eigenvalue weighted by molar-refractivity contribution is 5.38. The van der Waals surface area contributed by atoms with Crippen molar-refractivity contribution in [2.45, 2.75) is 45.1 Å². The molecular weight excluding hydrogens is 184 g/mol. The monoisotopic (exact) mass is 206 g/mol. The van der Waals surface area contributed by atoms with Crippen LogP contribution in [0.5, 0.6) is 0 Å². The van der Waals surface area contributed by atoms with Gasteiger partial charge in [0.25, 0.3) is 0 Å². The van der Waals surface area contributed by atoms with Crippen molar-refractivity contribution < 1.29 is 0 Å². The van der Waals surface area contributed by atoms with Crippen molar-refractivity contribution in [1.82, 2.24) is 0 Å². The molecule has 0 saturated heterocycles. The topological polar surface area (TPSA) is 52.0 Å². The molecule has 0 radical (unpaired) electrons. The molecule has 0 aromatic heterocycles. The van der Waals surface area contributed by atoms with Crippen molar-refractivity contribution >= 4 is 5.69 Å². The highest BCUT2D eigenvalue weighted by Crippen LogP contribution is 2.14. The van der Waals surface area contributed by atoms with Gasteiger partial charge in [-0.15, -0.1) is 0 Å². The largest absolute Gasteiger partial charge is 0.399 e. The minimum absolute atomic E-state index is 0.536. The first kappa shape index (κ1) is 12.1. The molecule has 0 atom stereocenters. The summed E-state index contributed by atoms with van der Waals surface area (Å²) >= 11 is 0. The summed E-state index contributed by atoms with van der Waals surface area (Å²) in [7, 11) is 0. The van der Waals surface area contributed by atoms with Gasteiger partial charge < -0.3 is 11.5 Å². The average Bonchev–Trinajstić information content (AvgIpc) is 2.25. The Morgan fingerprint density at radius 2 is 1.53 bits per heavy atom. The highest BCUT2D eigenvalue weighted by Gasteiger charge is 2.06. The lowest BCUT2D eigenvalue weighted by atomic mass is 9.97. The van der Waals surface area contributed by atoms with Crippen molar-refractivity contribution in [1.29, 1.82) is 0 Å². The molecule has 0 bridgehead atoms. The van der Waals surface area contributed by atoms with E-state index in [9.17, 15) is 0 Å². The maximum Gasteiger partial charge on any atom is 0.0314 e. The van der Waals surface area contributed by atoms with Gasteiger partial charge in [-0.05, 0) is 31.9 Å². The second-order valence-electron chi connectivity index (χ2n) is 4.31. The third-order valence-corrected chi connectivity index (χ3v) is 2.73. The number of nitrogen functional groups attached to an aromatic ring is 1. The summed E-state index contributed by atoms with van der Waals surface area (Å²) < 4.78 is 0. The van der Waals surface area contributed by atoms with Gasteiger partial charge in [0.05, 0.1) is 0 Å². The zero-order valence-electron chi connectivity index (χ0n) is 9.58. The number of anilines is 1. The Morgan fingerprint density at radius 1 is 1.00 bits per heavy atom. The van der Waals surface area contributed by atoms with E-state index in [1.165, 1.54) is 37.7 Å². The molecule has 15 heavy (non-hydrogen) atoms. The smallest absolute Gasteiger partial charge is 0.0314 e. The Balaban J connectivity index is 0.000000151. The van der Waals surface area contributed by atoms with Gasteiger partial charge in [-0.1, -0.05) is 37.0 Å². The van der Waals surface area contributed by atoms with Gasteiger partial charge in [-0.3, -0.25) is 0 Å². The first-order valence-electron chi connectivity index (χ1n) is 5.76. The minimum Gasteiger partial charge on any atom is -0.399 e. The zero-order valence-corrected chi connectivity index (χ0v) is 9.58. The van der Waals surface area contributed by atoms with Crippen LogP contribution in [0.25, 0.3) is 0 Å². The fraction of sp³-hybridized carbons (Fsp3) is 0.538. The Hall–Kier alpha value is -1.02. The molecular formula is C13H22N2. The highest BCUT2D eigenvalue weighted by atomic mass is 14.6. The van der Waals surface area contributed by atoms with Crippen LogP contribution in [0.1, 0.15) is 37.7 Å². The number of hydrogen-bond donors (Lipinski definition) is 2. The maximum absolute atomic E-state index is 5.63. The molecule has 0 spiro atoms. The van der Waals surface area contributed by atoms with Crippen LogP contribution in [-0.4, -0.2) is 6.04 Å². The summed E-state index contributed by atoms with van der Waals surface area (Å²) in [6, 6.07) is 8.32. The minimum atomic E-state index is 0.536. The van der Waals surface area contributed by atoms with Crippen LogP contribution in [0.4, 0.5) is 5.69 Å². The molecule has 0 amide bonds. The van der Waals surface area contributed by atoms with Crippen molar-refractivity contribution in [3.05, 3.63) is 29.8 Å². The quantitative estimate of drug-likeness (QED) is 0.641. The van der Waals surface area contributed by atoms with Gasteiger partial charge >= 0.3 is 0 Å². The van der Waals surface area contributed by atoms with E-state index in [1.54, 1.807) is 0 Å². The number of nitrogens with two attached hydrogens (primary N) is 2. The molecule has 2 rings (SSSR count). The van der Waals surface area contributed by atoms with E-state index in [-0.39, 0.29) is 0 Å². The van der Waals surface area contributed by atoms with Crippen LogP contribution in [0.2, 0.25) is 0 Å². The zero-order chi connectivity index (χ0) is 11.1. The Labute approximate surface area is 92.7 Å². The lowest BCUT2D eigenvalue weighted by molar-refractivity contribution is 0.441. The Morgan fingerprint density at radius 3 is 1.87 bits per heavy atom. The molecule has 1 aliphatic rings. The lowest BCUT2D eigenvalue weighted by Gasteiger charge is -2.15. The summed E-state index contributed by atoms with van der Waals surface area (Å²) in [5.74, 6) is 0. The summed E-state index contributed by atoms with van der Waals surface area (Å²) in [5, 5.41) is 0. The molecule has 0 heterocycles. The van der Waals surface area contributed by atoms with Crippen LogP contribution in [-0.2, 0) is 0 Å². The number of rotatable bonds is 0. The maximum atomic E-state index is 5.63.